The van der Waals surface area contributed by atoms with Crippen LogP contribution in [0.1, 0.15) is 12.5 Å². The average molecular weight is 272 g/mol. The fourth-order valence-corrected chi connectivity index (χ4v) is 1.28. The summed E-state index contributed by atoms with van der Waals surface area (Å²) in [6.45, 7) is 1.23. The highest BCUT2D eigenvalue weighted by Crippen LogP contribution is 2.29. The molecule has 0 aliphatic heterocycles. The molecule has 3 N–H and O–H groups in total. The van der Waals surface area contributed by atoms with E-state index in [1.54, 1.807) is 0 Å². The molecule has 1 aromatic carbocycles. The number of hydrogen-bond acceptors (Lipinski definition) is 3. The zero-order valence-electron chi connectivity index (χ0n) is 9.88. The molecular formula is C12H11F3N2O2. The van der Waals surface area contributed by atoms with Crippen molar-refractivity contribution in [2.45, 2.75) is 13.1 Å². The molecule has 1 amide bonds. The first kappa shape index (κ1) is 14.7. The van der Waals surface area contributed by atoms with Crippen molar-refractivity contribution in [2.24, 2.45) is 0 Å². The molecule has 19 heavy (non-hydrogen) atoms. The van der Waals surface area contributed by atoms with Gasteiger partial charge in [0.05, 0.1) is 11.1 Å². The van der Waals surface area contributed by atoms with Crippen LogP contribution in [0.3, 0.4) is 0 Å². The van der Waals surface area contributed by atoms with Gasteiger partial charge in [0.15, 0.2) is 0 Å². The second kappa shape index (κ2) is 5.55. The summed E-state index contributed by atoms with van der Waals surface area (Å²) in [5.74, 6) is -1.12. The Morgan fingerprint density at radius 3 is 2.21 bits per heavy atom. The number of benzene rings is 1. The van der Waals surface area contributed by atoms with Crippen LogP contribution in [0, 0.1) is 5.41 Å². The van der Waals surface area contributed by atoms with Crippen LogP contribution in [0.4, 0.5) is 18.9 Å². The summed E-state index contributed by atoms with van der Waals surface area (Å²) < 4.78 is 36.9. The molecule has 0 aliphatic carbocycles. The number of rotatable bonds is 3. The van der Waals surface area contributed by atoms with Gasteiger partial charge in [-0.05, 0) is 31.2 Å². The molecule has 4 nitrogen and oxygen atoms in total. The Morgan fingerprint density at radius 1 is 1.32 bits per heavy atom. The Hall–Kier alpha value is -2.31. The summed E-state index contributed by atoms with van der Waals surface area (Å²) in [5, 5.41) is 18.4. The van der Waals surface area contributed by atoms with Crippen LogP contribution >= 0.6 is 0 Å². The summed E-state index contributed by atoms with van der Waals surface area (Å²) in [7, 11) is 0. The van der Waals surface area contributed by atoms with E-state index in [2.05, 4.69) is 5.32 Å². The lowest BCUT2D eigenvalue weighted by Gasteiger charge is -2.09. The molecule has 0 unspecified atom stereocenters. The van der Waals surface area contributed by atoms with Crippen molar-refractivity contribution in [1.29, 1.82) is 5.41 Å². The molecule has 0 bridgehead atoms. The number of hydrogen-bond donors (Lipinski definition) is 3. The molecular weight excluding hydrogens is 261 g/mol. The standard InChI is InChI=1S/C12H11F3N2O2/c1-7(18)10(6-16)11(19)17-9-4-2-8(3-5-9)12(13,14)15/h2-6,16,18H,1H3,(H,17,19)/b10-7+,16-6?. The first-order valence-electron chi connectivity index (χ1n) is 5.14. The highest BCUT2D eigenvalue weighted by atomic mass is 19.4. The number of nitrogens with one attached hydrogen (secondary N) is 2. The molecule has 7 heteroatoms. The minimum absolute atomic E-state index is 0.138. The number of alkyl halides is 3. The molecule has 1 aromatic rings. The van der Waals surface area contributed by atoms with E-state index in [9.17, 15) is 18.0 Å². The first-order valence-corrected chi connectivity index (χ1v) is 5.14. The van der Waals surface area contributed by atoms with Crippen molar-refractivity contribution in [2.75, 3.05) is 5.32 Å². The van der Waals surface area contributed by atoms with Crippen LogP contribution in [-0.2, 0) is 11.0 Å². The van der Waals surface area contributed by atoms with Gasteiger partial charge in [-0.3, -0.25) is 4.79 Å². The van der Waals surface area contributed by atoms with Crippen molar-refractivity contribution in [3.8, 4) is 0 Å². The van der Waals surface area contributed by atoms with Gasteiger partial charge in [-0.1, -0.05) is 0 Å². The van der Waals surface area contributed by atoms with Gasteiger partial charge >= 0.3 is 6.18 Å². The SMILES string of the molecule is C/C(O)=C(/C=N)C(=O)Nc1ccc(C(F)(F)F)cc1. The van der Waals surface area contributed by atoms with Gasteiger partial charge in [-0.2, -0.15) is 13.2 Å². The van der Waals surface area contributed by atoms with Crippen LogP contribution in [-0.4, -0.2) is 17.2 Å². The largest absolute Gasteiger partial charge is 0.512 e. The van der Waals surface area contributed by atoms with Crippen molar-refractivity contribution in [3.63, 3.8) is 0 Å². The third kappa shape index (κ3) is 3.84. The van der Waals surface area contributed by atoms with Gasteiger partial charge in [0.2, 0.25) is 0 Å². The number of allylic oxidation sites excluding steroid dienone is 1. The Bertz CT molecular complexity index is 515. The number of aliphatic hydroxyl groups excluding tert-OH is 1. The summed E-state index contributed by atoms with van der Waals surface area (Å²) >= 11 is 0. The fourth-order valence-electron chi connectivity index (χ4n) is 1.28. The van der Waals surface area contributed by atoms with Gasteiger partial charge in [-0.25, -0.2) is 0 Å². The second-order valence-corrected chi connectivity index (χ2v) is 3.67. The molecule has 102 valence electrons. The van der Waals surface area contributed by atoms with Gasteiger partial charge in [-0.15, -0.1) is 0 Å². The number of halogens is 3. The fraction of sp³-hybridized carbons (Fsp3) is 0.167. The molecule has 0 saturated heterocycles. The first-order chi connectivity index (χ1) is 8.75. The van der Waals surface area contributed by atoms with Crippen LogP contribution in [0.25, 0.3) is 0 Å². The average Bonchev–Trinajstić information content (AvgIpc) is 2.28. The Balaban J connectivity index is 2.88. The molecule has 0 radical (unpaired) electrons. The zero-order chi connectivity index (χ0) is 14.6. The molecule has 0 spiro atoms. The number of carbonyl (C=O) groups is 1. The van der Waals surface area contributed by atoms with Crippen LogP contribution < -0.4 is 5.32 Å². The van der Waals surface area contributed by atoms with Crippen LogP contribution in [0.2, 0.25) is 0 Å². The molecule has 0 fully saturated rings. The smallest absolute Gasteiger partial charge is 0.416 e. The lowest BCUT2D eigenvalue weighted by molar-refractivity contribution is -0.137. The highest BCUT2D eigenvalue weighted by Gasteiger charge is 2.30. The third-order valence-corrected chi connectivity index (χ3v) is 2.25. The van der Waals surface area contributed by atoms with E-state index < -0.39 is 17.6 Å². The van der Waals surface area contributed by atoms with Crippen molar-refractivity contribution >= 4 is 17.8 Å². The van der Waals surface area contributed by atoms with Gasteiger partial charge in [0, 0.05) is 11.9 Å². The third-order valence-electron chi connectivity index (χ3n) is 2.25. The van der Waals surface area contributed by atoms with E-state index >= 15 is 0 Å². The lowest BCUT2D eigenvalue weighted by Crippen LogP contribution is -2.16. The zero-order valence-corrected chi connectivity index (χ0v) is 9.88. The minimum Gasteiger partial charge on any atom is -0.512 e. The minimum atomic E-state index is -4.44. The van der Waals surface area contributed by atoms with E-state index in [-0.39, 0.29) is 17.0 Å². The van der Waals surface area contributed by atoms with Crippen molar-refractivity contribution < 1.29 is 23.1 Å². The predicted octanol–water partition coefficient (Wildman–Crippen LogP) is 3.13. The summed E-state index contributed by atoms with van der Waals surface area (Å²) in [4.78, 5) is 11.6. The topological polar surface area (TPSA) is 73.2 Å². The van der Waals surface area contributed by atoms with Crippen molar-refractivity contribution in [1.82, 2.24) is 0 Å². The van der Waals surface area contributed by atoms with E-state index in [0.29, 0.717) is 6.21 Å². The predicted molar refractivity (Wildman–Crippen MR) is 64.2 cm³/mol. The molecule has 1 rings (SSSR count). The highest BCUT2D eigenvalue weighted by molar-refractivity contribution is 6.17. The maximum atomic E-state index is 12.3. The summed E-state index contributed by atoms with van der Waals surface area (Å²) in [5.41, 5.74) is -0.954. The van der Waals surface area contributed by atoms with E-state index in [4.69, 9.17) is 10.5 Å². The number of aliphatic hydroxyl groups is 1. The molecule has 0 aliphatic rings. The maximum Gasteiger partial charge on any atom is 0.416 e. The lowest BCUT2D eigenvalue weighted by atomic mass is 10.2. The summed E-state index contributed by atoms with van der Waals surface area (Å²) in [6, 6.07) is 3.84. The van der Waals surface area contributed by atoms with Gasteiger partial charge in [0.25, 0.3) is 5.91 Å². The van der Waals surface area contributed by atoms with Crippen LogP contribution in [0.5, 0.6) is 0 Å². The van der Waals surface area contributed by atoms with Crippen LogP contribution in [0.15, 0.2) is 35.6 Å². The maximum absolute atomic E-state index is 12.3. The van der Waals surface area contributed by atoms with Gasteiger partial charge in [0.1, 0.15) is 5.76 Å². The number of carbonyl (C=O) groups excluding carboxylic acids is 1. The van der Waals surface area contributed by atoms with E-state index in [0.717, 1.165) is 24.3 Å². The summed E-state index contributed by atoms with van der Waals surface area (Å²) in [6.07, 6.45) is -3.78. The van der Waals surface area contributed by atoms with E-state index in [1.807, 2.05) is 0 Å². The second-order valence-electron chi connectivity index (χ2n) is 3.67. The van der Waals surface area contributed by atoms with Gasteiger partial charge < -0.3 is 15.8 Å². The molecule has 0 atom stereocenters. The Morgan fingerprint density at radius 2 is 1.84 bits per heavy atom. The number of anilines is 1. The quantitative estimate of drug-likeness (QED) is 0.449. The number of amides is 1. The molecule has 0 saturated carbocycles. The molecule has 0 heterocycles. The van der Waals surface area contributed by atoms with E-state index in [1.165, 1.54) is 6.92 Å². The molecule has 0 aromatic heterocycles. The monoisotopic (exact) mass is 272 g/mol. The van der Waals surface area contributed by atoms with Crippen molar-refractivity contribution in [3.05, 3.63) is 41.2 Å². The normalized spacial score (nSPS) is 12.6. The Kier molecular flexibility index (Phi) is 4.31. The Labute approximate surface area is 107 Å².